The normalized spacial score (nSPS) is 20.0. The number of amides is 1. The molecule has 0 bridgehead atoms. The molecule has 2 aliphatic rings. The van der Waals surface area contributed by atoms with E-state index in [9.17, 15) is 4.79 Å². The summed E-state index contributed by atoms with van der Waals surface area (Å²) < 4.78 is 0. The van der Waals surface area contributed by atoms with Crippen molar-refractivity contribution in [2.75, 3.05) is 19.6 Å². The predicted molar refractivity (Wildman–Crippen MR) is 84.2 cm³/mol. The average molecular weight is 287 g/mol. The predicted octanol–water partition coefficient (Wildman–Crippen LogP) is 1.89. The Bertz CT molecular complexity index is 509. The van der Waals surface area contributed by atoms with E-state index in [1.807, 2.05) is 12.1 Å². The minimum atomic E-state index is 0.0502. The molecule has 4 nitrogen and oxygen atoms in total. The van der Waals surface area contributed by atoms with Gasteiger partial charge in [-0.1, -0.05) is 12.5 Å². The summed E-state index contributed by atoms with van der Waals surface area (Å²) in [5, 5.41) is 6.44. The first kappa shape index (κ1) is 14.5. The molecule has 1 unspecified atom stereocenters. The number of likely N-dealkylation sites (tertiary alicyclic amines) is 1. The Kier molecular flexibility index (Phi) is 4.56. The summed E-state index contributed by atoms with van der Waals surface area (Å²) in [5.74, 6) is 0.0502. The van der Waals surface area contributed by atoms with Crippen LogP contribution in [0.5, 0.6) is 0 Å². The van der Waals surface area contributed by atoms with Crippen molar-refractivity contribution in [2.24, 2.45) is 0 Å². The summed E-state index contributed by atoms with van der Waals surface area (Å²) in [4.78, 5) is 14.8. The third-order valence-electron chi connectivity index (χ3n) is 4.46. The van der Waals surface area contributed by atoms with Crippen LogP contribution in [0.3, 0.4) is 0 Å². The Morgan fingerprint density at radius 2 is 2.00 bits per heavy atom. The van der Waals surface area contributed by atoms with Gasteiger partial charge in [0.15, 0.2) is 0 Å². The maximum Gasteiger partial charge on any atom is 0.251 e. The maximum atomic E-state index is 12.3. The highest BCUT2D eigenvalue weighted by atomic mass is 16.1. The van der Waals surface area contributed by atoms with Crippen molar-refractivity contribution in [1.82, 2.24) is 15.5 Å². The number of hydrogen-bond acceptors (Lipinski definition) is 3. The van der Waals surface area contributed by atoms with E-state index >= 15 is 0 Å². The number of carbonyl (C=O) groups is 1. The van der Waals surface area contributed by atoms with E-state index in [0.717, 1.165) is 25.2 Å². The fourth-order valence-electron chi connectivity index (χ4n) is 3.32. The molecule has 2 aliphatic heterocycles. The van der Waals surface area contributed by atoms with Gasteiger partial charge in [0, 0.05) is 31.2 Å². The Hall–Kier alpha value is -1.39. The number of benzene rings is 1. The Labute approximate surface area is 126 Å². The van der Waals surface area contributed by atoms with Crippen molar-refractivity contribution in [3.63, 3.8) is 0 Å². The van der Waals surface area contributed by atoms with Crippen LogP contribution in [0.2, 0.25) is 0 Å². The molecule has 0 radical (unpaired) electrons. The minimum absolute atomic E-state index is 0.0502. The van der Waals surface area contributed by atoms with Gasteiger partial charge in [-0.15, -0.1) is 0 Å². The van der Waals surface area contributed by atoms with Crippen LogP contribution in [0.1, 0.15) is 47.7 Å². The van der Waals surface area contributed by atoms with Crippen molar-refractivity contribution in [3.8, 4) is 0 Å². The second-order valence-electron chi connectivity index (χ2n) is 6.32. The number of fused-ring (bicyclic) bond motifs is 1. The second-order valence-corrected chi connectivity index (χ2v) is 6.32. The summed E-state index contributed by atoms with van der Waals surface area (Å²) >= 11 is 0. The lowest BCUT2D eigenvalue weighted by Gasteiger charge is -2.29. The van der Waals surface area contributed by atoms with E-state index in [-0.39, 0.29) is 11.9 Å². The highest BCUT2D eigenvalue weighted by Crippen LogP contribution is 2.17. The number of carbonyl (C=O) groups excluding carboxylic acids is 1. The van der Waals surface area contributed by atoms with Crippen molar-refractivity contribution >= 4 is 5.91 Å². The molecule has 0 aliphatic carbocycles. The van der Waals surface area contributed by atoms with Crippen molar-refractivity contribution in [3.05, 3.63) is 34.9 Å². The zero-order chi connectivity index (χ0) is 14.7. The lowest BCUT2D eigenvalue weighted by molar-refractivity contribution is 0.0925. The molecule has 2 heterocycles. The highest BCUT2D eigenvalue weighted by Gasteiger charge is 2.17. The minimum Gasteiger partial charge on any atom is -0.348 e. The molecule has 0 spiro atoms. The third-order valence-corrected chi connectivity index (χ3v) is 4.46. The van der Waals surface area contributed by atoms with Gasteiger partial charge < -0.3 is 15.5 Å². The molecule has 2 N–H and O–H groups in total. The van der Waals surface area contributed by atoms with Gasteiger partial charge in [0.05, 0.1) is 0 Å². The first-order valence-electron chi connectivity index (χ1n) is 8.08. The molecule has 114 valence electrons. The first-order chi connectivity index (χ1) is 10.2. The van der Waals surface area contributed by atoms with Crippen molar-refractivity contribution in [2.45, 2.75) is 45.3 Å². The molecule has 1 aromatic rings. The number of piperidine rings is 1. The molecule has 1 amide bonds. The van der Waals surface area contributed by atoms with Gasteiger partial charge in [-0.3, -0.25) is 4.79 Å². The van der Waals surface area contributed by atoms with E-state index in [4.69, 9.17) is 0 Å². The Morgan fingerprint density at radius 1 is 1.24 bits per heavy atom. The summed E-state index contributed by atoms with van der Waals surface area (Å²) in [6.07, 6.45) is 3.93. The number of rotatable bonds is 4. The maximum absolute atomic E-state index is 12.3. The molecule has 3 rings (SSSR count). The smallest absolute Gasteiger partial charge is 0.251 e. The Balaban J connectivity index is 1.55. The van der Waals surface area contributed by atoms with E-state index in [1.165, 1.54) is 43.5 Å². The molecular formula is C17H25N3O. The van der Waals surface area contributed by atoms with Crippen LogP contribution in [-0.2, 0) is 13.1 Å². The molecule has 1 fully saturated rings. The Morgan fingerprint density at radius 3 is 2.81 bits per heavy atom. The van der Waals surface area contributed by atoms with Crippen LogP contribution in [0.15, 0.2) is 18.2 Å². The lowest BCUT2D eigenvalue weighted by Crippen LogP contribution is -2.43. The molecule has 1 aromatic carbocycles. The fraction of sp³-hybridized carbons (Fsp3) is 0.588. The lowest BCUT2D eigenvalue weighted by atomic mass is 10.1. The average Bonchev–Trinajstić information content (AvgIpc) is 2.95. The van der Waals surface area contributed by atoms with E-state index in [0.29, 0.717) is 0 Å². The number of nitrogens with one attached hydrogen (secondary N) is 2. The highest BCUT2D eigenvalue weighted by molar-refractivity contribution is 5.94. The van der Waals surface area contributed by atoms with Gasteiger partial charge >= 0.3 is 0 Å². The van der Waals surface area contributed by atoms with Crippen LogP contribution in [0.25, 0.3) is 0 Å². The van der Waals surface area contributed by atoms with Crippen molar-refractivity contribution in [1.29, 1.82) is 0 Å². The summed E-state index contributed by atoms with van der Waals surface area (Å²) in [6, 6.07) is 6.23. The molecule has 0 aromatic heterocycles. The van der Waals surface area contributed by atoms with Gasteiger partial charge in [0.25, 0.3) is 5.91 Å². The molecular weight excluding hydrogens is 262 g/mol. The van der Waals surface area contributed by atoms with Crippen LogP contribution in [0.4, 0.5) is 0 Å². The zero-order valence-electron chi connectivity index (χ0n) is 12.8. The number of hydrogen-bond donors (Lipinski definition) is 2. The summed E-state index contributed by atoms with van der Waals surface area (Å²) in [7, 11) is 0. The fourth-order valence-corrected chi connectivity index (χ4v) is 3.32. The molecule has 1 atom stereocenters. The summed E-state index contributed by atoms with van der Waals surface area (Å²) in [5.41, 5.74) is 3.35. The quantitative estimate of drug-likeness (QED) is 0.889. The van der Waals surface area contributed by atoms with Crippen molar-refractivity contribution < 1.29 is 4.79 Å². The monoisotopic (exact) mass is 287 g/mol. The van der Waals surface area contributed by atoms with Crippen LogP contribution in [-0.4, -0.2) is 36.5 Å². The zero-order valence-corrected chi connectivity index (χ0v) is 12.8. The van der Waals surface area contributed by atoms with Gasteiger partial charge in [-0.05, 0) is 56.1 Å². The molecule has 1 saturated heterocycles. The van der Waals surface area contributed by atoms with E-state index < -0.39 is 0 Å². The van der Waals surface area contributed by atoms with Gasteiger partial charge in [0.1, 0.15) is 0 Å². The topological polar surface area (TPSA) is 44.4 Å². The number of nitrogens with zero attached hydrogens (tertiary/aromatic N) is 1. The second kappa shape index (κ2) is 6.58. The largest absolute Gasteiger partial charge is 0.348 e. The molecule has 0 saturated carbocycles. The van der Waals surface area contributed by atoms with Crippen LogP contribution < -0.4 is 10.6 Å². The van der Waals surface area contributed by atoms with Gasteiger partial charge in [0.2, 0.25) is 0 Å². The third kappa shape index (κ3) is 3.63. The molecule has 4 heteroatoms. The first-order valence-corrected chi connectivity index (χ1v) is 8.08. The van der Waals surface area contributed by atoms with E-state index in [2.05, 4.69) is 28.5 Å². The van der Waals surface area contributed by atoms with E-state index in [1.54, 1.807) is 0 Å². The van der Waals surface area contributed by atoms with Gasteiger partial charge in [-0.2, -0.15) is 0 Å². The standard InChI is InChI=1S/C17H25N3O/c1-13(12-20-7-3-2-4-8-20)19-17(21)14-5-6-15-10-18-11-16(15)9-14/h5-6,9,13,18H,2-4,7-8,10-12H2,1H3,(H,19,21). The SMILES string of the molecule is CC(CN1CCCCC1)NC(=O)c1ccc2c(c1)CNC2. The van der Waals surface area contributed by atoms with Crippen LogP contribution in [0, 0.1) is 0 Å². The summed E-state index contributed by atoms with van der Waals surface area (Å²) in [6.45, 7) is 7.19. The molecule has 21 heavy (non-hydrogen) atoms. The van der Waals surface area contributed by atoms with Crippen LogP contribution >= 0.6 is 0 Å². The van der Waals surface area contributed by atoms with Gasteiger partial charge in [-0.25, -0.2) is 0 Å².